The minimum absolute atomic E-state index is 0.350. The predicted molar refractivity (Wildman–Crippen MR) is 250 cm³/mol. The quantitative estimate of drug-likeness (QED) is 0.123. The first-order valence-corrected chi connectivity index (χ1v) is 20.9. The molecular formula is C57H41N5. The van der Waals surface area contributed by atoms with E-state index in [1.54, 1.807) is 12.3 Å². The van der Waals surface area contributed by atoms with Gasteiger partial charge in [-0.05, 0) is 136 Å². The third-order valence-corrected chi connectivity index (χ3v) is 11.4. The van der Waals surface area contributed by atoms with Crippen LogP contribution in [-0.2, 0) is 25.7 Å². The van der Waals surface area contributed by atoms with Crippen molar-refractivity contribution in [3.8, 4) is 79.3 Å². The number of aromatic nitrogens is 3. The van der Waals surface area contributed by atoms with Gasteiger partial charge in [-0.1, -0.05) is 127 Å². The summed E-state index contributed by atoms with van der Waals surface area (Å²) >= 11 is 0. The van der Waals surface area contributed by atoms with Gasteiger partial charge < -0.3 is 0 Å². The molecule has 6 aromatic carbocycles. The predicted octanol–water partition coefficient (Wildman–Crippen LogP) is 13.2. The van der Waals surface area contributed by atoms with E-state index >= 15 is 0 Å². The van der Waals surface area contributed by atoms with Crippen LogP contribution in [0.2, 0.25) is 0 Å². The van der Waals surface area contributed by atoms with Crippen LogP contribution < -0.4 is 0 Å². The summed E-state index contributed by atoms with van der Waals surface area (Å²) < 4.78 is 0. The fraction of sp³-hybridized carbons (Fsp3) is 0.0702. The number of rotatable bonds is 12. The summed E-state index contributed by atoms with van der Waals surface area (Å²) in [6.07, 6.45) is 9.04. The third-order valence-electron chi connectivity index (χ3n) is 11.4. The zero-order valence-electron chi connectivity index (χ0n) is 34.1. The van der Waals surface area contributed by atoms with E-state index in [1.807, 2.05) is 79.1 Å². The van der Waals surface area contributed by atoms with Crippen LogP contribution in [0.1, 0.15) is 33.4 Å². The Bertz CT molecular complexity index is 2950. The molecule has 3 aromatic heterocycles. The van der Waals surface area contributed by atoms with E-state index in [1.165, 1.54) is 22.3 Å². The lowest BCUT2D eigenvalue weighted by molar-refractivity contribution is 0.931. The average Bonchev–Trinajstić information content (AvgIpc) is 3.35. The lowest BCUT2D eigenvalue weighted by atomic mass is 9.86. The second-order valence-corrected chi connectivity index (χ2v) is 15.4. The van der Waals surface area contributed by atoms with Crippen molar-refractivity contribution in [3.63, 3.8) is 0 Å². The van der Waals surface area contributed by atoms with Crippen LogP contribution in [0.3, 0.4) is 0 Å². The van der Waals surface area contributed by atoms with Crippen molar-refractivity contribution in [2.45, 2.75) is 25.7 Å². The van der Waals surface area contributed by atoms with Crippen LogP contribution >= 0.6 is 0 Å². The summed E-state index contributed by atoms with van der Waals surface area (Å²) in [5.74, 6) is 0. The molecule has 0 saturated heterocycles. The van der Waals surface area contributed by atoms with Gasteiger partial charge in [-0.3, -0.25) is 15.0 Å². The molecule has 9 rings (SSSR count). The Labute approximate surface area is 363 Å². The lowest BCUT2D eigenvalue weighted by Crippen LogP contribution is -1.98. The molecule has 0 unspecified atom stereocenters. The van der Waals surface area contributed by atoms with Crippen LogP contribution in [-0.4, -0.2) is 15.0 Å². The number of hydrogen-bond acceptors (Lipinski definition) is 5. The molecule has 0 atom stereocenters. The van der Waals surface area contributed by atoms with E-state index < -0.39 is 0 Å². The molecule has 0 saturated carbocycles. The first kappa shape index (κ1) is 39.2. The average molecular weight is 796 g/mol. The number of nitrogens with zero attached hydrogens (tertiary/aromatic N) is 5. The minimum Gasteiger partial charge on any atom is -0.256 e. The zero-order chi connectivity index (χ0) is 42.1. The van der Waals surface area contributed by atoms with Crippen molar-refractivity contribution in [1.29, 1.82) is 10.5 Å². The highest BCUT2D eigenvalue weighted by Crippen LogP contribution is 2.41. The van der Waals surface area contributed by atoms with E-state index in [4.69, 9.17) is 0 Å². The fourth-order valence-electron chi connectivity index (χ4n) is 8.12. The maximum atomic E-state index is 10.0. The minimum atomic E-state index is 0.350. The second-order valence-electron chi connectivity index (χ2n) is 15.4. The van der Waals surface area contributed by atoms with E-state index in [0.717, 1.165) is 92.8 Å². The summed E-state index contributed by atoms with van der Waals surface area (Å²) in [7, 11) is 0. The molecule has 0 N–H and O–H groups in total. The topological polar surface area (TPSA) is 86.2 Å². The molecule has 9 aromatic rings. The SMILES string of the molecule is N#Cc1ccc(-c2cc(-c3ccccn3)ccc2-c2ccccc2-c2cc(CCc3ccc(-c4ccccn4)cc3)cc(CCc3ccc(-c4ccccn4)cc3)c2)cc1C#N. The van der Waals surface area contributed by atoms with Gasteiger partial charge in [0.1, 0.15) is 12.1 Å². The molecule has 62 heavy (non-hydrogen) atoms. The fourth-order valence-corrected chi connectivity index (χ4v) is 8.12. The standard InChI is InChI=1S/C57H41N5/c58-38-48-27-26-46(36-50(48)39-59)54-37-47(57-13-5-8-32-62-57)28-29-53(54)52-10-2-1-9-51(52)49-34-42(16-14-40-18-22-44(23-19-40)55-11-3-6-30-60-55)33-43(35-49)17-15-41-20-24-45(25-21-41)56-12-4-7-31-61-56/h1-13,18-37H,14-17H2. The Balaban J connectivity index is 1.09. The molecule has 0 aliphatic rings. The molecule has 3 heterocycles. The van der Waals surface area contributed by atoms with Crippen molar-refractivity contribution in [1.82, 2.24) is 15.0 Å². The highest BCUT2D eigenvalue weighted by Gasteiger charge is 2.17. The van der Waals surface area contributed by atoms with Gasteiger partial charge in [0, 0.05) is 35.3 Å². The Morgan fingerprint density at radius 1 is 0.306 bits per heavy atom. The van der Waals surface area contributed by atoms with E-state index in [9.17, 15) is 10.5 Å². The van der Waals surface area contributed by atoms with Crippen LogP contribution in [0.4, 0.5) is 0 Å². The lowest BCUT2D eigenvalue weighted by Gasteiger charge is -2.18. The molecule has 294 valence electrons. The van der Waals surface area contributed by atoms with Gasteiger partial charge in [0.05, 0.1) is 28.2 Å². The first-order valence-electron chi connectivity index (χ1n) is 20.9. The van der Waals surface area contributed by atoms with Gasteiger partial charge in [0.2, 0.25) is 0 Å². The second kappa shape index (κ2) is 18.3. The summed E-state index contributed by atoms with van der Waals surface area (Å²) in [5.41, 5.74) is 18.0. The number of aryl methyl sites for hydroxylation is 4. The maximum Gasteiger partial charge on any atom is 0.101 e. The van der Waals surface area contributed by atoms with Gasteiger partial charge in [-0.25, -0.2) is 0 Å². The first-order chi connectivity index (χ1) is 30.6. The molecule has 0 aliphatic heterocycles. The highest BCUT2D eigenvalue weighted by molar-refractivity contribution is 5.93. The summed E-state index contributed by atoms with van der Waals surface area (Å²) in [6, 6.07) is 67.5. The summed E-state index contributed by atoms with van der Waals surface area (Å²) in [6.45, 7) is 0. The van der Waals surface area contributed by atoms with Crippen molar-refractivity contribution in [2.75, 3.05) is 0 Å². The van der Waals surface area contributed by atoms with Crippen molar-refractivity contribution >= 4 is 0 Å². The Morgan fingerprint density at radius 3 is 1.27 bits per heavy atom. The molecule has 0 fully saturated rings. The van der Waals surface area contributed by atoms with Gasteiger partial charge in [0.15, 0.2) is 0 Å². The highest BCUT2D eigenvalue weighted by atomic mass is 14.7. The number of benzene rings is 6. The van der Waals surface area contributed by atoms with Gasteiger partial charge in [-0.15, -0.1) is 0 Å². The maximum absolute atomic E-state index is 10.0. The van der Waals surface area contributed by atoms with Gasteiger partial charge in [-0.2, -0.15) is 10.5 Å². The van der Waals surface area contributed by atoms with Crippen LogP contribution in [0.5, 0.6) is 0 Å². The number of nitriles is 2. The van der Waals surface area contributed by atoms with Crippen LogP contribution in [0.15, 0.2) is 201 Å². The molecule has 0 aliphatic carbocycles. The van der Waals surface area contributed by atoms with Crippen molar-refractivity contribution < 1.29 is 0 Å². The zero-order valence-corrected chi connectivity index (χ0v) is 34.1. The molecule has 5 nitrogen and oxygen atoms in total. The molecule has 5 heteroatoms. The monoisotopic (exact) mass is 795 g/mol. The summed E-state index contributed by atoms with van der Waals surface area (Å²) in [5, 5.41) is 19.8. The normalized spacial score (nSPS) is 10.8. The number of pyridine rings is 3. The Kier molecular flexibility index (Phi) is 11.6. The van der Waals surface area contributed by atoms with E-state index in [-0.39, 0.29) is 0 Å². The smallest absolute Gasteiger partial charge is 0.101 e. The molecule has 0 radical (unpaired) electrons. The Hall–Kier alpha value is -8.25. The summed E-state index contributed by atoms with van der Waals surface area (Å²) in [4.78, 5) is 13.7. The Morgan fingerprint density at radius 2 is 0.758 bits per heavy atom. The van der Waals surface area contributed by atoms with E-state index in [0.29, 0.717) is 11.1 Å². The number of hydrogen-bond donors (Lipinski definition) is 0. The molecule has 0 amide bonds. The van der Waals surface area contributed by atoms with Crippen LogP contribution in [0.25, 0.3) is 67.2 Å². The van der Waals surface area contributed by atoms with Crippen molar-refractivity contribution in [2.24, 2.45) is 0 Å². The van der Waals surface area contributed by atoms with E-state index in [2.05, 4.69) is 136 Å². The largest absolute Gasteiger partial charge is 0.256 e. The molecule has 0 spiro atoms. The van der Waals surface area contributed by atoms with Gasteiger partial charge >= 0.3 is 0 Å². The van der Waals surface area contributed by atoms with Crippen LogP contribution in [0, 0.1) is 22.7 Å². The molecular weight excluding hydrogens is 755 g/mol. The molecule has 0 bridgehead atoms. The third kappa shape index (κ3) is 8.85. The van der Waals surface area contributed by atoms with Gasteiger partial charge in [0.25, 0.3) is 0 Å². The van der Waals surface area contributed by atoms with Crippen molar-refractivity contribution in [3.05, 3.63) is 234 Å².